The van der Waals surface area contributed by atoms with Crippen LogP contribution in [0.25, 0.3) is 0 Å². The third-order valence-electron chi connectivity index (χ3n) is 1.38. The predicted octanol–water partition coefficient (Wildman–Crippen LogP) is 2.95. The second-order valence-corrected chi connectivity index (χ2v) is 5.17. The van der Waals surface area contributed by atoms with Crippen molar-refractivity contribution in [3.05, 3.63) is 29.9 Å². The molecule has 0 saturated carbocycles. The van der Waals surface area contributed by atoms with Crippen LogP contribution in [0.15, 0.2) is 39.4 Å². The average molecular weight is 198 g/mol. The summed E-state index contributed by atoms with van der Waals surface area (Å²) in [7, 11) is -1.15. The lowest BCUT2D eigenvalue weighted by molar-refractivity contribution is 0.466. The zero-order valence-corrected chi connectivity index (χ0v) is 8.93. The van der Waals surface area contributed by atoms with E-state index < -0.39 is 10.8 Å². The smallest absolute Gasteiger partial charge is 0.194 e. The maximum atomic E-state index is 11.5. The van der Waals surface area contributed by atoms with Gasteiger partial charge in [0.05, 0.1) is 6.26 Å². The van der Waals surface area contributed by atoms with Gasteiger partial charge in [0, 0.05) is 5.41 Å². The lowest BCUT2D eigenvalue weighted by atomic mass is 9.98. The molecule has 0 saturated heterocycles. The zero-order chi connectivity index (χ0) is 9.90. The fourth-order valence-corrected chi connectivity index (χ4v) is 1.74. The van der Waals surface area contributed by atoms with Gasteiger partial charge in [-0.1, -0.05) is 26.8 Å². The van der Waals surface area contributed by atoms with Gasteiger partial charge in [-0.3, -0.25) is 0 Å². The molecule has 0 bridgehead atoms. The lowest BCUT2D eigenvalue weighted by Crippen LogP contribution is -1.99. The van der Waals surface area contributed by atoms with E-state index in [-0.39, 0.29) is 5.41 Å². The number of rotatable bonds is 2. The Hall–Kier alpha value is -0.830. The van der Waals surface area contributed by atoms with Gasteiger partial charge in [0.25, 0.3) is 0 Å². The Morgan fingerprint density at radius 1 is 1.46 bits per heavy atom. The van der Waals surface area contributed by atoms with Crippen LogP contribution < -0.4 is 0 Å². The summed E-state index contributed by atoms with van der Waals surface area (Å²) >= 11 is 0. The molecule has 3 heteroatoms. The SMILES string of the molecule is CC(C)(C)C=C[S@@](=O)c1ccco1. The highest BCUT2D eigenvalue weighted by atomic mass is 32.2. The molecule has 0 radical (unpaired) electrons. The minimum Gasteiger partial charge on any atom is -0.455 e. The van der Waals surface area contributed by atoms with Crippen LogP contribution in [0.1, 0.15) is 20.8 Å². The summed E-state index contributed by atoms with van der Waals surface area (Å²) < 4.78 is 16.5. The van der Waals surface area contributed by atoms with E-state index in [0.29, 0.717) is 5.09 Å². The number of furan rings is 1. The highest BCUT2D eigenvalue weighted by Gasteiger charge is 2.07. The van der Waals surface area contributed by atoms with Gasteiger partial charge in [0.1, 0.15) is 10.8 Å². The molecular weight excluding hydrogens is 184 g/mol. The molecule has 2 nitrogen and oxygen atoms in total. The molecule has 1 atom stereocenters. The molecule has 13 heavy (non-hydrogen) atoms. The molecule has 0 spiro atoms. The normalized spacial score (nSPS) is 15.0. The molecular formula is C10H14O2S. The Kier molecular flexibility index (Phi) is 3.09. The molecule has 0 N–H and O–H groups in total. The summed E-state index contributed by atoms with van der Waals surface area (Å²) in [5, 5.41) is 2.17. The van der Waals surface area contributed by atoms with Crippen LogP contribution >= 0.6 is 0 Å². The van der Waals surface area contributed by atoms with Crippen LogP contribution in [0.2, 0.25) is 0 Å². The monoisotopic (exact) mass is 198 g/mol. The zero-order valence-electron chi connectivity index (χ0n) is 8.11. The van der Waals surface area contributed by atoms with E-state index in [0.717, 1.165) is 0 Å². The van der Waals surface area contributed by atoms with Crippen molar-refractivity contribution in [2.24, 2.45) is 5.41 Å². The van der Waals surface area contributed by atoms with Crippen molar-refractivity contribution in [2.45, 2.75) is 25.9 Å². The van der Waals surface area contributed by atoms with Gasteiger partial charge >= 0.3 is 0 Å². The molecule has 0 aliphatic rings. The highest BCUT2D eigenvalue weighted by Crippen LogP contribution is 2.16. The number of hydrogen-bond acceptors (Lipinski definition) is 2. The van der Waals surface area contributed by atoms with Gasteiger partial charge in [-0.15, -0.1) is 0 Å². The Morgan fingerprint density at radius 2 is 2.15 bits per heavy atom. The van der Waals surface area contributed by atoms with Crippen molar-refractivity contribution in [3.8, 4) is 0 Å². The van der Waals surface area contributed by atoms with Crippen molar-refractivity contribution >= 4 is 10.8 Å². The molecule has 1 rings (SSSR count). The summed E-state index contributed by atoms with van der Waals surface area (Å²) in [5.74, 6) is 0. The molecule has 0 unspecified atom stereocenters. The predicted molar refractivity (Wildman–Crippen MR) is 53.7 cm³/mol. The van der Waals surface area contributed by atoms with Crippen LogP contribution in [0.4, 0.5) is 0 Å². The minimum atomic E-state index is -1.15. The van der Waals surface area contributed by atoms with E-state index in [1.54, 1.807) is 17.5 Å². The minimum absolute atomic E-state index is 0.0578. The highest BCUT2D eigenvalue weighted by molar-refractivity contribution is 7.87. The van der Waals surface area contributed by atoms with Crippen LogP contribution in [-0.2, 0) is 10.8 Å². The van der Waals surface area contributed by atoms with Crippen molar-refractivity contribution in [2.75, 3.05) is 0 Å². The second kappa shape index (κ2) is 3.92. The first kappa shape index (κ1) is 10.3. The molecule has 72 valence electrons. The van der Waals surface area contributed by atoms with Crippen LogP contribution in [0.5, 0.6) is 0 Å². The molecule has 1 heterocycles. The molecule has 1 aromatic rings. The molecule has 0 aliphatic carbocycles. The Bertz CT molecular complexity index is 304. The van der Waals surface area contributed by atoms with Crippen LogP contribution in [0, 0.1) is 5.41 Å². The van der Waals surface area contributed by atoms with Gasteiger partial charge in [-0.2, -0.15) is 0 Å². The Morgan fingerprint density at radius 3 is 2.62 bits per heavy atom. The van der Waals surface area contributed by atoms with Gasteiger partial charge in [0.2, 0.25) is 0 Å². The second-order valence-electron chi connectivity index (χ2n) is 3.90. The number of hydrogen-bond donors (Lipinski definition) is 0. The van der Waals surface area contributed by atoms with E-state index in [1.165, 1.54) is 6.26 Å². The largest absolute Gasteiger partial charge is 0.455 e. The first-order valence-electron chi connectivity index (χ1n) is 4.12. The number of allylic oxidation sites excluding steroid dienone is 1. The van der Waals surface area contributed by atoms with Crippen molar-refractivity contribution < 1.29 is 8.63 Å². The summed E-state index contributed by atoms with van der Waals surface area (Å²) in [6.45, 7) is 6.18. The molecule has 0 fully saturated rings. The van der Waals surface area contributed by atoms with Crippen molar-refractivity contribution in [3.63, 3.8) is 0 Å². The third-order valence-corrected chi connectivity index (χ3v) is 2.40. The first-order valence-corrected chi connectivity index (χ1v) is 5.34. The van der Waals surface area contributed by atoms with E-state index in [4.69, 9.17) is 4.42 Å². The van der Waals surface area contributed by atoms with Gasteiger partial charge in [-0.25, -0.2) is 4.21 Å². The maximum Gasteiger partial charge on any atom is 0.194 e. The fourth-order valence-electron chi connectivity index (χ4n) is 0.711. The van der Waals surface area contributed by atoms with Crippen LogP contribution in [0.3, 0.4) is 0 Å². The van der Waals surface area contributed by atoms with Gasteiger partial charge < -0.3 is 4.42 Å². The molecule has 1 aromatic heterocycles. The Labute approximate surface area is 81.1 Å². The third kappa shape index (κ3) is 3.59. The topological polar surface area (TPSA) is 30.2 Å². The fraction of sp³-hybridized carbons (Fsp3) is 0.400. The summed E-state index contributed by atoms with van der Waals surface area (Å²) in [4.78, 5) is 0. The standard InChI is InChI=1S/C10H14O2S/c1-10(2,3)6-8-13(11)9-5-4-7-12-9/h4-8H,1-3H3/t13-/m1/s1. The van der Waals surface area contributed by atoms with Gasteiger partial charge in [0.15, 0.2) is 5.09 Å². The van der Waals surface area contributed by atoms with Crippen molar-refractivity contribution in [1.82, 2.24) is 0 Å². The Balaban J connectivity index is 2.67. The van der Waals surface area contributed by atoms with E-state index >= 15 is 0 Å². The maximum absolute atomic E-state index is 11.5. The quantitative estimate of drug-likeness (QED) is 0.731. The van der Waals surface area contributed by atoms with Crippen LogP contribution in [-0.4, -0.2) is 4.21 Å². The summed E-state index contributed by atoms with van der Waals surface area (Å²) in [6, 6.07) is 3.45. The van der Waals surface area contributed by atoms with Crippen molar-refractivity contribution in [1.29, 1.82) is 0 Å². The lowest BCUT2D eigenvalue weighted by Gasteiger charge is -2.10. The first-order chi connectivity index (χ1) is 5.99. The van der Waals surface area contributed by atoms with E-state index in [9.17, 15) is 4.21 Å². The molecule has 0 aliphatic heterocycles. The molecule has 0 amide bonds. The van der Waals surface area contributed by atoms with E-state index in [2.05, 4.69) is 20.8 Å². The van der Waals surface area contributed by atoms with E-state index in [1.807, 2.05) is 6.08 Å². The van der Waals surface area contributed by atoms with Gasteiger partial charge in [-0.05, 0) is 17.5 Å². The molecule has 0 aromatic carbocycles. The average Bonchev–Trinajstić information content (AvgIpc) is 2.50. The summed E-state index contributed by atoms with van der Waals surface area (Å²) in [5.41, 5.74) is 0.0578. The summed E-state index contributed by atoms with van der Waals surface area (Å²) in [6.07, 6.45) is 3.45.